The van der Waals surface area contributed by atoms with Crippen molar-refractivity contribution in [1.29, 1.82) is 0 Å². The van der Waals surface area contributed by atoms with E-state index >= 15 is 0 Å². The molecule has 1 unspecified atom stereocenters. The number of anilines is 1. The summed E-state index contributed by atoms with van der Waals surface area (Å²) in [6, 6.07) is 10.7. The first-order valence-electron chi connectivity index (χ1n) is 8.97. The summed E-state index contributed by atoms with van der Waals surface area (Å²) in [6.45, 7) is 2.95. The average molecular weight is 380 g/mol. The Kier molecular flexibility index (Phi) is 4.98. The molecule has 0 saturated carbocycles. The largest absolute Gasteiger partial charge is 0.377 e. The first-order chi connectivity index (χ1) is 13.7. The van der Waals surface area contributed by atoms with Crippen molar-refractivity contribution in [1.82, 2.24) is 25.0 Å². The van der Waals surface area contributed by atoms with Crippen LogP contribution in [0.2, 0.25) is 0 Å². The zero-order valence-corrected chi connectivity index (χ0v) is 15.6. The number of nitrogens with one attached hydrogen (secondary N) is 1. The molecule has 2 aromatic heterocycles. The van der Waals surface area contributed by atoms with Crippen LogP contribution in [0.3, 0.4) is 0 Å². The van der Waals surface area contributed by atoms with Gasteiger partial charge >= 0.3 is 0 Å². The van der Waals surface area contributed by atoms with Crippen LogP contribution in [0.15, 0.2) is 40.9 Å². The van der Waals surface area contributed by atoms with E-state index in [1.165, 1.54) is 0 Å². The highest BCUT2D eigenvalue weighted by atomic mass is 16.5. The molecule has 1 aromatic carbocycles. The van der Waals surface area contributed by atoms with Crippen LogP contribution in [0.25, 0.3) is 11.4 Å². The van der Waals surface area contributed by atoms with Crippen LogP contribution in [0.4, 0.5) is 5.95 Å². The molecule has 9 nitrogen and oxygen atoms in total. The average Bonchev–Trinajstić information content (AvgIpc) is 3.23. The van der Waals surface area contributed by atoms with Gasteiger partial charge in [0.25, 0.3) is 11.8 Å². The lowest BCUT2D eigenvalue weighted by Crippen LogP contribution is -2.44. The summed E-state index contributed by atoms with van der Waals surface area (Å²) in [6.07, 6.45) is 0. The number of ether oxygens (including phenoxy) is 1. The van der Waals surface area contributed by atoms with Crippen molar-refractivity contribution in [3.8, 4) is 11.4 Å². The van der Waals surface area contributed by atoms with Crippen LogP contribution < -0.4 is 5.32 Å². The Hall–Kier alpha value is -3.33. The van der Waals surface area contributed by atoms with Crippen LogP contribution in [-0.2, 0) is 4.74 Å². The lowest BCUT2D eigenvalue weighted by molar-refractivity contribution is -0.0122. The van der Waals surface area contributed by atoms with Crippen LogP contribution in [0.5, 0.6) is 0 Å². The number of hydrogen-bond donors (Lipinski definition) is 1. The second-order valence-electron chi connectivity index (χ2n) is 6.38. The molecule has 0 radical (unpaired) electrons. The molecule has 3 heterocycles. The Labute approximate surface area is 161 Å². The van der Waals surface area contributed by atoms with Gasteiger partial charge in [0.05, 0.1) is 13.2 Å². The maximum atomic E-state index is 13.1. The Balaban J connectivity index is 1.63. The molecule has 1 atom stereocenters. The molecule has 3 aromatic rings. The van der Waals surface area contributed by atoms with Gasteiger partial charge in [-0.3, -0.25) is 4.79 Å². The molecule has 9 heteroatoms. The molecule has 0 spiro atoms. The van der Waals surface area contributed by atoms with E-state index in [0.717, 1.165) is 5.56 Å². The number of carbonyl (C=O) groups excluding carboxylic acids is 1. The SMILES string of the molecule is CNc1nc(C)cc(C(=O)N2CCOCC2c2nc(-c3ccccc3)no2)n1. The fourth-order valence-electron chi connectivity index (χ4n) is 3.06. The van der Waals surface area contributed by atoms with Crippen molar-refractivity contribution < 1.29 is 14.1 Å². The highest BCUT2D eigenvalue weighted by molar-refractivity contribution is 5.93. The van der Waals surface area contributed by atoms with Crippen molar-refractivity contribution in [3.05, 3.63) is 53.7 Å². The zero-order valence-electron chi connectivity index (χ0n) is 15.6. The summed E-state index contributed by atoms with van der Waals surface area (Å²) < 4.78 is 11.0. The third-order valence-corrected chi connectivity index (χ3v) is 4.45. The molecule has 1 N–H and O–H groups in total. The van der Waals surface area contributed by atoms with Gasteiger partial charge in [0, 0.05) is 24.8 Å². The summed E-state index contributed by atoms with van der Waals surface area (Å²) in [5.41, 5.74) is 1.86. The minimum atomic E-state index is -0.473. The molecule has 1 aliphatic rings. The molecule has 28 heavy (non-hydrogen) atoms. The van der Waals surface area contributed by atoms with Gasteiger partial charge in [-0.1, -0.05) is 35.5 Å². The quantitative estimate of drug-likeness (QED) is 0.733. The first kappa shape index (κ1) is 18.1. The van der Waals surface area contributed by atoms with Crippen molar-refractivity contribution in [2.45, 2.75) is 13.0 Å². The molecule has 0 aliphatic carbocycles. The molecule has 1 amide bonds. The van der Waals surface area contributed by atoms with E-state index in [1.54, 1.807) is 18.0 Å². The van der Waals surface area contributed by atoms with E-state index in [1.807, 2.05) is 37.3 Å². The van der Waals surface area contributed by atoms with E-state index in [9.17, 15) is 4.79 Å². The molecule has 4 rings (SSSR count). The van der Waals surface area contributed by atoms with E-state index in [4.69, 9.17) is 9.26 Å². The van der Waals surface area contributed by atoms with Crippen LogP contribution in [0, 0.1) is 6.92 Å². The maximum absolute atomic E-state index is 13.1. The molecule has 1 aliphatic heterocycles. The number of aryl methyl sites for hydroxylation is 1. The number of hydrogen-bond acceptors (Lipinski definition) is 8. The first-order valence-corrected chi connectivity index (χ1v) is 8.97. The van der Waals surface area contributed by atoms with Gasteiger partial charge in [-0.15, -0.1) is 0 Å². The smallest absolute Gasteiger partial charge is 0.273 e. The number of benzene rings is 1. The summed E-state index contributed by atoms with van der Waals surface area (Å²) in [5.74, 6) is 0.988. The molecular formula is C19H20N6O3. The number of carbonyl (C=O) groups is 1. The highest BCUT2D eigenvalue weighted by Crippen LogP contribution is 2.27. The fourth-order valence-corrected chi connectivity index (χ4v) is 3.06. The second kappa shape index (κ2) is 7.73. The molecular weight excluding hydrogens is 360 g/mol. The van der Waals surface area contributed by atoms with Crippen molar-refractivity contribution >= 4 is 11.9 Å². The van der Waals surface area contributed by atoms with Gasteiger partial charge in [0.1, 0.15) is 11.7 Å². The van der Waals surface area contributed by atoms with Crippen molar-refractivity contribution in [2.75, 3.05) is 32.1 Å². The third kappa shape index (κ3) is 3.56. The van der Waals surface area contributed by atoms with E-state index in [-0.39, 0.29) is 12.5 Å². The lowest BCUT2D eigenvalue weighted by Gasteiger charge is -2.33. The molecule has 0 bridgehead atoms. The van der Waals surface area contributed by atoms with Crippen LogP contribution >= 0.6 is 0 Å². The number of rotatable bonds is 4. The standard InChI is InChI=1S/C19H20N6O3/c1-12-10-14(22-19(20-2)21-12)18(26)25-8-9-27-11-15(25)17-23-16(24-28-17)13-6-4-3-5-7-13/h3-7,10,15H,8-9,11H2,1-2H3,(H,20,21,22). The normalized spacial score (nSPS) is 16.8. The van der Waals surface area contributed by atoms with Gasteiger partial charge in [0.15, 0.2) is 0 Å². The van der Waals surface area contributed by atoms with Crippen LogP contribution in [0.1, 0.15) is 28.1 Å². The Morgan fingerprint density at radius 1 is 1.21 bits per heavy atom. The molecule has 1 fully saturated rings. The summed E-state index contributed by atoms with van der Waals surface area (Å²) >= 11 is 0. The monoisotopic (exact) mass is 380 g/mol. The Morgan fingerprint density at radius 3 is 2.82 bits per heavy atom. The summed E-state index contributed by atoms with van der Waals surface area (Å²) in [4.78, 5) is 27.8. The number of amides is 1. The van der Waals surface area contributed by atoms with Gasteiger partial charge in [-0.2, -0.15) is 4.98 Å². The van der Waals surface area contributed by atoms with Gasteiger partial charge in [0.2, 0.25) is 11.8 Å². The molecule has 144 valence electrons. The highest BCUT2D eigenvalue weighted by Gasteiger charge is 2.34. The topological polar surface area (TPSA) is 106 Å². The second-order valence-corrected chi connectivity index (χ2v) is 6.38. The van der Waals surface area contributed by atoms with Gasteiger partial charge in [-0.25, -0.2) is 9.97 Å². The fraction of sp³-hybridized carbons (Fsp3) is 0.316. The predicted octanol–water partition coefficient (Wildman–Crippen LogP) is 2.09. The molecule has 1 saturated heterocycles. The van der Waals surface area contributed by atoms with Gasteiger partial charge in [-0.05, 0) is 13.0 Å². The maximum Gasteiger partial charge on any atom is 0.273 e. The minimum absolute atomic E-state index is 0.227. The lowest BCUT2D eigenvalue weighted by atomic mass is 10.2. The minimum Gasteiger partial charge on any atom is -0.377 e. The summed E-state index contributed by atoms with van der Waals surface area (Å²) in [7, 11) is 1.71. The third-order valence-electron chi connectivity index (χ3n) is 4.45. The number of nitrogens with zero attached hydrogens (tertiary/aromatic N) is 5. The number of aromatic nitrogens is 4. The van der Waals surface area contributed by atoms with Crippen molar-refractivity contribution in [3.63, 3.8) is 0 Å². The van der Waals surface area contributed by atoms with Gasteiger partial charge < -0.3 is 19.5 Å². The predicted molar refractivity (Wildman–Crippen MR) is 101 cm³/mol. The zero-order chi connectivity index (χ0) is 19.5. The van der Waals surface area contributed by atoms with Crippen molar-refractivity contribution in [2.24, 2.45) is 0 Å². The Bertz CT molecular complexity index is 975. The van der Waals surface area contributed by atoms with E-state index in [2.05, 4.69) is 25.4 Å². The van der Waals surface area contributed by atoms with E-state index in [0.29, 0.717) is 42.2 Å². The number of morpholine rings is 1. The summed E-state index contributed by atoms with van der Waals surface area (Å²) in [5, 5.41) is 6.93. The Morgan fingerprint density at radius 2 is 2.04 bits per heavy atom. The van der Waals surface area contributed by atoms with Crippen LogP contribution in [-0.4, -0.2) is 57.7 Å². The van der Waals surface area contributed by atoms with E-state index < -0.39 is 6.04 Å².